The fourth-order valence-corrected chi connectivity index (χ4v) is 2.59. The maximum Gasteiger partial charge on any atom is 0.193 e. The lowest BCUT2D eigenvalue weighted by molar-refractivity contribution is 0.152. The third-order valence-corrected chi connectivity index (χ3v) is 3.63. The van der Waals surface area contributed by atoms with E-state index in [-0.39, 0.29) is 0 Å². The molecule has 20 heavy (non-hydrogen) atoms. The zero-order valence-corrected chi connectivity index (χ0v) is 12.7. The Morgan fingerprint density at radius 2 is 2.45 bits per heavy atom. The molecule has 1 unspecified atom stereocenters. The molecule has 1 aromatic heterocycles. The first kappa shape index (κ1) is 14.8. The molecule has 1 saturated heterocycles. The van der Waals surface area contributed by atoms with Crippen molar-refractivity contribution in [3.63, 3.8) is 0 Å². The monoisotopic (exact) mass is 279 g/mol. The zero-order chi connectivity index (χ0) is 14.4. The molecule has 1 N–H and O–H groups in total. The second kappa shape index (κ2) is 7.28. The number of likely N-dealkylation sites (tertiary alicyclic amines) is 1. The van der Waals surface area contributed by atoms with Crippen molar-refractivity contribution >= 4 is 5.96 Å². The third-order valence-electron chi connectivity index (χ3n) is 3.63. The third kappa shape index (κ3) is 3.72. The second-order valence-corrected chi connectivity index (χ2v) is 5.05. The molecule has 2 rings (SSSR count). The highest BCUT2D eigenvalue weighted by molar-refractivity contribution is 5.80. The van der Waals surface area contributed by atoms with Gasteiger partial charge in [0.25, 0.3) is 0 Å². The SMILES string of the molecule is CCOCCNC(=NC)N1CCC(c2cnn(C)c2)C1. The average Bonchev–Trinajstić information content (AvgIpc) is 3.08. The van der Waals surface area contributed by atoms with E-state index in [0.29, 0.717) is 5.92 Å². The van der Waals surface area contributed by atoms with Crippen LogP contribution in [0.1, 0.15) is 24.8 Å². The van der Waals surface area contributed by atoms with Crippen LogP contribution in [0.15, 0.2) is 17.4 Å². The predicted octanol–water partition coefficient (Wildman–Crippen LogP) is 0.821. The van der Waals surface area contributed by atoms with Crippen molar-refractivity contribution < 1.29 is 4.74 Å². The Bertz CT molecular complexity index is 443. The van der Waals surface area contributed by atoms with E-state index < -0.39 is 0 Å². The van der Waals surface area contributed by atoms with Crippen LogP contribution in [-0.4, -0.2) is 60.5 Å². The Balaban J connectivity index is 1.84. The van der Waals surface area contributed by atoms with E-state index in [9.17, 15) is 0 Å². The number of guanidine groups is 1. The number of hydrogen-bond donors (Lipinski definition) is 1. The van der Waals surface area contributed by atoms with Crippen molar-refractivity contribution in [2.24, 2.45) is 12.0 Å². The van der Waals surface area contributed by atoms with Gasteiger partial charge in [0.15, 0.2) is 5.96 Å². The van der Waals surface area contributed by atoms with Crippen molar-refractivity contribution in [1.82, 2.24) is 20.0 Å². The fourth-order valence-electron chi connectivity index (χ4n) is 2.59. The van der Waals surface area contributed by atoms with Gasteiger partial charge in [-0.25, -0.2) is 0 Å². The van der Waals surface area contributed by atoms with Gasteiger partial charge in [0.05, 0.1) is 12.8 Å². The molecule has 2 heterocycles. The summed E-state index contributed by atoms with van der Waals surface area (Å²) in [6, 6.07) is 0. The van der Waals surface area contributed by atoms with Gasteiger partial charge >= 0.3 is 0 Å². The van der Waals surface area contributed by atoms with Crippen LogP contribution < -0.4 is 5.32 Å². The van der Waals surface area contributed by atoms with Crippen molar-refractivity contribution in [2.45, 2.75) is 19.3 Å². The number of aromatic nitrogens is 2. The van der Waals surface area contributed by atoms with Crippen molar-refractivity contribution in [1.29, 1.82) is 0 Å². The molecule has 1 atom stereocenters. The molecule has 0 aliphatic carbocycles. The van der Waals surface area contributed by atoms with Crippen LogP contribution in [0, 0.1) is 0 Å². The van der Waals surface area contributed by atoms with Crippen LogP contribution in [0.5, 0.6) is 0 Å². The lowest BCUT2D eigenvalue weighted by Crippen LogP contribution is -2.41. The fraction of sp³-hybridized carbons (Fsp3) is 0.714. The zero-order valence-electron chi connectivity index (χ0n) is 12.7. The summed E-state index contributed by atoms with van der Waals surface area (Å²) in [7, 11) is 3.80. The van der Waals surface area contributed by atoms with Crippen molar-refractivity contribution in [3.05, 3.63) is 18.0 Å². The molecule has 1 aromatic rings. The summed E-state index contributed by atoms with van der Waals surface area (Å²) in [6.45, 7) is 6.32. The van der Waals surface area contributed by atoms with Gasteiger partial charge in [-0.05, 0) is 18.9 Å². The van der Waals surface area contributed by atoms with Gasteiger partial charge in [-0.3, -0.25) is 9.67 Å². The molecule has 0 saturated carbocycles. The number of rotatable bonds is 5. The van der Waals surface area contributed by atoms with E-state index in [1.165, 1.54) is 5.56 Å². The lowest BCUT2D eigenvalue weighted by atomic mass is 10.0. The molecule has 6 nitrogen and oxygen atoms in total. The standard InChI is InChI=1S/C14H25N5O/c1-4-20-8-6-16-14(15-2)19-7-5-12(11-19)13-9-17-18(3)10-13/h9-10,12H,4-8,11H2,1-3H3,(H,15,16). The van der Waals surface area contributed by atoms with Gasteiger partial charge in [0.2, 0.25) is 0 Å². The Morgan fingerprint density at radius 1 is 1.60 bits per heavy atom. The molecular formula is C14H25N5O. The molecule has 1 aliphatic rings. The quantitative estimate of drug-likeness (QED) is 0.492. The Hall–Kier alpha value is -1.56. The van der Waals surface area contributed by atoms with Gasteiger partial charge in [0, 0.05) is 52.5 Å². The molecule has 112 valence electrons. The van der Waals surface area contributed by atoms with E-state index in [1.807, 2.05) is 31.9 Å². The number of nitrogens with zero attached hydrogens (tertiary/aromatic N) is 4. The molecule has 0 radical (unpaired) electrons. The summed E-state index contributed by atoms with van der Waals surface area (Å²) in [5, 5.41) is 7.61. The normalized spacial score (nSPS) is 19.6. The smallest absolute Gasteiger partial charge is 0.193 e. The minimum Gasteiger partial charge on any atom is -0.380 e. The summed E-state index contributed by atoms with van der Waals surface area (Å²) in [4.78, 5) is 6.67. The first-order valence-electron chi connectivity index (χ1n) is 7.26. The minimum absolute atomic E-state index is 0.550. The second-order valence-electron chi connectivity index (χ2n) is 5.05. The van der Waals surface area contributed by atoms with Crippen LogP contribution in [0.25, 0.3) is 0 Å². The molecular weight excluding hydrogens is 254 g/mol. The molecule has 0 amide bonds. The largest absolute Gasteiger partial charge is 0.380 e. The van der Waals surface area contributed by atoms with Crippen LogP contribution in [-0.2, 0) is 11.8 Å². The van der Waals surface area contributed by atoms with Gasteiger partial charge in [0.1, 0.15) is 0 Å². The van der Waals surface area contributed by atoms with E-state index in [4.69, 9.17) is 4.74 Å². The van der Waals surface area contributed by atoms with Gasteiger partial charge < -0.3 is 15.0 Å². The van der Waals surface area contributed by atoms with Crippen molar-refractivity contribution in [2.75, 3.05) is 39.9 Å². The van der Waals surface area contributed by atoms with Crippen LogP contribution in [0.4, 0.5) is 0 Å². The molecule has 0 spiro atoms. The molecule has 0 bridgehead atoms. The van der Waals surface area contributed by atoms with Gasteiger partial charge in [-0.2, -0.15) is 5.10 Å². The molecule has 1 fully saturated rings. The van der Waals surface area contributed by atoms with Gasteiger partial charge in [-0.15, -0.1) is 0 Å². The maximum atomic E-state index is 5.34. The molecule has 1 aliphatic heterocycles. The summed E-state index contributed by atoms with van der Waals surface area (Å²) in [5.41, 5.74) is 1.32. The lowest BCUT2D eigenvalue weighted by Gasteiger charge is -2.21. The van der Waals surface area contributed by atoms with Gasteiger partial charge in [-0.1, -0.05) is 0 Å². The number of ether oxygens (including phenoxy) is 1. The predicted molar refractivity (Wildman–Crippen MR) is 80.0 cm³/mol. The highest BCUT2D eigenvalue weighted by Crippen LogP contribution is 2.26. The van der Waals surface area contributed by atoms with E-state index in [0.717, 1.165) is 45.2 Å². The van der Waals surface area contributed by atoms with E-state index in [1.54, 1.807) is 0 Å². The summed E-state index contributed by atoms with van der Waals surface area (Å²) < 4.78 is 7.21. The Morgan fingerprint density at radius 3 is 3.10 bits per heavy atom. The average molecular weight is 279 g/mol. The maximum absolute atomic E-state index is 5.34. The first-order chi connectivity index (χ1) is 9.74. The Labute approximate surface area is 120 Å². The number of aryl methyl sites for hydroxylation is 1. The number of nitrogens with one attached hydrogen (secondary N) is 1. The molecule has 6 heteroatoms. The topological polar surface area (TPSA) is 54.7 Å². The summed E-state index contributed by atoms with van der Waals surface area (Å²) in [5.74, 6) is 1.52. The highest BCUT2D eigenvalue weighted by atomic mass is 16.5. The van der Waals surface area contributed by atoms with Crippen LogP contribution in [0.2, 0.25) is 0 Å². The summed E-state index contributed by atoms with van der Waals surface area (Å²) in [6.07, 6.45) is 5.23. The van der Waals surface area contributed by atoms with Crippen LogP contribution >= 0.6 is 0 Å². The minimum atomic E-state index is 0.550. The van der Waals surface area contributed by atoms with Crippen LogP contribution in [0.3, 0.4) is 0 Å². The Kier molecular flexibility index (Phi) is 5.40. The van der Waals surface area contributed by atoms with E-state index >= 15 is 0 Å². The van der Waals surface area contributed by atoms with Crippen molar-refractivity contribution in [3.8, 4) is 0 Å². The summed E-state index contributed by atoms with van der Waals surface area (Å²) >= 11 is 0. The molecule has 0 aromatic carbocycles. The number of hydrogen-bond acceptors (Lipinski definition) is 3. The van der Waals surface area contributed by atoms with E-state index in [2.05, 4.69) is 26.5 Å². The highest BCUT2D eigenvalue weighted by Gasteiger charge is 2.26. The number of aliphatic imine (C=N–C) groups is 1. The first-order valence-corrected chi connectivity index (χ1v) is 7.26.